The van der Waals surface area contributed by atoms with Gasteiger partial charge in [-0.05, 0) is 13.3 Å². The third-order valence-electron chi connectivity index (χ3n) is 1.61. The van der Waals surface area contributed by atoms with Crippen LogP contribution < -0.4 is 0 Å². The first-order valence-corrected chi connectivity index (χ1v) is 3.32. The van der Waals surface area contributed by atoms with E-state index in [2.05, 4.69) is 0 Å². The Kier molecular flexibility index (Phi) is 3.02. The van der Waals surface area contributed by atoms with E-state index >= 15 is 0 Å². The number of carboxylic acids is 1. The maximum atomic E-state index is 10.4. The van der Waals surface area contributed by atoms with Gasteiger partial charge in [0.25, 0.3) is 0 Å². The van der Waals surface area contributed by atoms with Crippen LogP contribution in [0.3, 0.4) is 0 Å². The summed E-state index contributed by atoms with van der Waals surface area (Å²) >= 11 is 0. The van der Waals surface area contributed by atoms with Gasteiger partial charge in [-0.15, -0.1) is 0 Å². The molecule has 2 unspecified atom stereocenters. The molecule has 0 saturated carbocycles. The van der Waals surface area contributed by atoms with Crippen LogP contribution >= 0.6 is 0 Å². The van der Waals surface area contributed by atoms with Gasteiger partial charge in [0.1, 0.15) is 0 Å². The molecule has 62 valence electrons. The molecule has 4 heteroatoms. The second-order valence-corrected chi connectivity index (χ2v) is 2.56. The average molecular weight is 157 g/mol. The van der Waals surface area contributed by atoms with E-state index in [-0.39, 0.29) is 6.42 Å². The molecule has 2 atom stereocenters. The molecule has 0 aromatic heterocycles. The number of hydrogen-bond donors (Lipinski definition) is 2. The molecular weight excluding hydrogens is 146 g/mol. The van der Waals surface area contributed by atoms with E-state index in [0.29, 0.717) is 0 Å². The Balaban J connectivity index is 4.53. The maximum Gasteiger partial charge on any atom is 0.310 e. The van der Waals surface area contributed by atoms with Crippen molar-refractivity contribution in [3.63, 3.8) is 0 Å². The Morgan fingerprint density at radius 2 is 2.27 bits per heavy atom. The molecule has 0 spiro atoms. The fourth-order valence-corrected chi connectivity index (χ4v) is 0.890. The van der Waals surface area contributed by atoms with Gasteiger partial charge >= 0.3 is 5.97 Å². The topological polar surface area (TPSA) is 81.3 Å². The van der Waals surface area contributed by atoms with Crippen molar-refractivity contribution in [2.45, 2.75) is 25.9 Å². The van der Waals surface area contributed by atoms with Gasteiger partial charge < -0.3 is 10.2 Å². The van der Waals surface area contributed by atoms with Crippen LogP contribution in [0.5, 0.6) is 0 Å². The van der Waals surface area contributed by atoms with Crippen molar-refractivity contribution in [2.24, 2.45) is 5.92 Å². The number of rotatable bonds is 3. The van der Waals surface area contributed by atoms with Crippen molar-refractivity contribution in [1.29, 1.82) is 5.26 Å². The summed E-state index contributed by atoms with van der Waals surface area (Å²) in [4.78, 5) is 10.4. The monoisotopic (exact) mass is 157 g/mol. The number of carbonyl (C=O) groups is 1. The smallest absolute Gasteiger partial charge is 0.310 e. The Hall–Kier alpha value is -1.08. The van der Waals surface area contributed by atoms with Crippen LogP contribution in [-0.2, 0) is 4.79 Å². The third-order valence-corrected chi connectivity index (χ3v) is 1.61. The third kappa shape index (κ3) is 2.20. The summed E-state index contributed by atoms with van der Waals surface area (Å²) in [6.45, 7) is 2.82. The number of hydrogen-bond acceptors (Lipinski definition) is 3. The average Bonchev–Trinajstić information content (AvgIpc) is 1.88. The molecule has 2 N–H and O–H groups in total. The summed E-state index contributed by atoms with van der Waals surface area (Å²) in [5.74, 6) is -2.15. The first-order chi connectivity index (χ1) is 4.95. The van der Waals surface area contributed by atoms with Crippen LogP contribution in [0.25, 0.3) is 0 Å². The highest BCUT2D eigenvalue weighted by atomic mass is 16.4. The fourth-order valence-electron chi connectivity index (χ4n) is 0.890. The van der Waals surface area contributed by atoms with E-state index in [1.165, 1.54) is 6.92 Å². The SMILES string of the molecule is CCC(C(=O)O)C(C)(O)C#N. The molecule has 0 aliphatic heterocycles. The number of aliphatic carboxylic acids is 1. The van der Waals surface area contributed by atoms with Gasteiger partial charge in [0.05, 0.1) is 12.0 Å². The largest absolute Gasteiger partial charge is 0.481 e. The van der Waals surface area contributed by atoms with Gasteiger partial charge in [0, 0.05) is 0 Å². The van der Waals surface area contributed by atoms with Gasteiger partial charge in [-0.25, -0.2) is 0 Å². The van der Waals surface area contributed by atoms with Gasteiger partial charge in [0.2, 0.25) is 0 Å². The molecule has 0 rings (SSSR count). The summed E-state index contributed by atoms with van der Waals surface area (Å²) < 4.78 is 0. The minimum absolute atomic E-state index is 0.246. The fraction of sp³-hybridized carbons (Fsp3) is 0.714. The van der Waals surface area contributed by atoms with Crippen LogP contribution in [0.15, 0.2) is 0 Å². The Morgan fingerprint density at radius 1 is 1.82 bits per heavy atom. The van der Waals surface area contributed by atoms with E-state index < -0.39 is 17.5 Å². The molecule has 0 saturated heterocycles. The summed E-state index contributed by atoms with van der Waals surface area (Å²) in [6.07, 6.45) is 0.246. The molecule has 0 amide bonds. The first-order valence-electron chi connectivity index (χ1n) is 3.32. The van der Waals surface area contributed by atoms with Gasteiger partial charge in [-0.3, -0.25) is 4.79 Å². The number of nitrogens with zero attached hydrogens (tertiary/aromatic N) is 1. The van der Waals surface area contributed by atoms with E-state index in [4.69, 9.17) is 10.4 Å². The number of nitriles is 1. The molecule has 0 fully saturated rings. The molecule has 0 aliphatic rings. The lowest BCUT2D eigenvalue weighted by Gasteiger charge is -2.20. The van der Waals surface area contributed by atoms with Crippen molar-refractivity contribution in [2.75, 3.05) is 0 Å². The predicted octanol–water partition coefficient (Wildman–Crippen LogP) is 0.372. The highest BCUT2D eigenvalue weighted by molar-refractivity contribution is 5.72. The lowest BCUT2D eigenvalue weighted by atomic mass is 9.88. The highest BCUT2D eigenvalue weighted by Crippen LogP contribution is 2.19. The zero-order valence-corrected chi connectivity index (χ0v) is 6.53. The van der Waals surface area contributed by atoms with Crippen molar-refractivity contribution in [1.82, 2.24) is 0 Å². The van der Waals surface area contributed by atoms with Crippen molar-refractivity contribution in [3.8, 4) is 6.07 Å². The molecule has 0 aromatic rings. The van der Waals surface area contributed by atoms with Crippen LogP contribution in [0.2, 0.25) is 0 Å². The minimum Gasteiger partial charge on any atom is -0.481 e. The summed E-state index contributed by atoms with van der Waals surface area (Å²) in [7, 11) is 0. The molecule has 0 aromatic carbocycles. The molecule has 4 nitrogen and oxygen atoms in total. The van der Waals surface area contributed by atoms with Crippen LogP contribution in [0.4, 0.5) is 0 Å². The zero-order valence-electron chi connectivity index (χ0n) is 6.53. The molecule has 0 aliphatic carbocycles. The Labute approximate surface area is 65.1 Å². The summed E-state index contributed by atoms with van der Waals surface area (Å²) in [5, 5.41) is 26.1. The Morgan fingerprint density at radius 3 is 2.36 bits per heavy atom. The van der Waals surface area contributed by atoms with E-state index in [9.17, 15) is 9.90 Å². The first kappa shape index (κ1) is 9.92. The lowest BCUT2D eigenvalue weighted by molar-refractivity contribution is -0.148. The second kappa shape index (κ2) is 3.35. The van der Waals surface area contributed by atoms with Crippen molar-refractivity contribution in [3.05, 3.63) is 0 Å². The number of aliphatic hydroxyl groups is 1. The number of carboxylic acid groups (broad SMARTS) is 1. The van der Waals surface area contributed by atoms with Gasteiger partial charge in [-0.1, -0.05) is 6.92 Å². The van der Waals surface area contributed by atoms with E-state index in [1.54, 1.807) is 13.0 Å². The zero-order chi connectivity index (χ0) is 9.07. The minimum atomic E-state index is -1.76. The lowest BCUT2D eigenvalue weighted by Crippen LogP contribution is -2.37. The second-order valence-electron chi connectivity index (χ2n) is 2.56. The molecule has 0 heterocycles. The van der Waals surface area contributed by atoms with Crippen molar-refractivity contribution >= 4 is 5.97 Å². The normalized spacial score (nSPS) is 18.0. The van der Waals surface area contributed by atoms with Gasteiger partial charge in [0.15, 0.2) is 5.60 Å². The summed E-state index contributed by atoms with van der Waals surface area (Å²) in [6, 6.07) is 1.55. The molecule has 0 radical (unpaired) electrons. The Bertz CT molecular complexity index is 192. The predicted molar refractivity (Wildman–Crippen MR) is 37.7 cm³/mol. The maximum absolute atomic E-state index is 10.4. The van der Waals surface area contributed by atoms with Crippen molar-refractivity contribution < 1.29 is 15.0 Å². The van der Waals surface area contributed by atoms with Crippen LogP contribution in [0.1, 0.15) is 20.3 Å². The molecule has 11 heavy (non-hydrogen) atoms. The summed E-state index contributed by atoms with van der Waals surface area (Å²) in [5.41, 5.74) is -1.76. The highest BCUT2D eigenvalue weighted by Gasteiger charge is 2.35. The quantitative estimate of drug-likeness (QED) is 0.580. The molecule has 0 bridgehead atoms. The van der Waals surface area contributed by atoms with Gasteiger partial charge in [-0.2, -0.15) is 5.26 Å². The van der Waals surface area contributed by atoms with E-state index in [1.807, 2.05) is 0 Å². The van der Waals surface area contributed by atoms with E-state index in [0.717, 1.165) is 0 Å². The standard InChI is InChI=1S/C7H11NO3/c1-3-5(6(9)10)7(2,11)4-8/h5,11H,3H2,1-2H3,(H,9,10). The van der Waals surface area contributed by atoms with Crippen LogP contribution in [-0.4, -0.2) is 21.8 Å². The van der Waals surface area contributed by atoms with Crippen LogP contribution in [0, 0.1) is 17.2 Å². The molecular formula is C7H11NO3.